The average Bonchev–Trinajstić information content (AvgIpc) is 3.24. The molecule has 0 aliphatic heterocycles. The lowest BCUT2D eigenvalue weighted by molar-refractivity contribution is -0.148. The molecule has 2 aromatic heterocycles. The first kappa shape index (κ1) is 18.8. The number of aromatic nitrogens is 1. The minimum Gasteiger partial charge on any atom is -0.481 e. The van der Waals surface area contributed by atoms with Gasteiger partial charge in [0.2, 0.25) is 0 Å². The Bertz CT molecular complexity index is 867. The number of carbonyl (C=O) groups excluding carboxylic acids is 1. The van der Waals surface area contributed by atoms with Crippen LogP contribution in [0.4, 0.5) is 0 Å². The van der Waals surface area contributed by atoms with Crippen molar-refractivity contribution >= 4 is 34.4 Å². The van der Waals surface area contributed by atoms with Gasteiger partial charge in [0.1, 0.15) is 10.8 Å². The van der Waals surface area contributed by atoms with Crippen molar-refractivity contribution in [1.82, 2.24) is 4.98 Å². The summed E-state index contributed by atoms with van der Waals surface area (Å²) in [5.41, 5.74) is 3.59. The smallest absolute Gasteiger partial charge is 0.307 e. The fourth-order valence-corrected chi connectivity index (χ4v) is 6.93. The van der Waals surface area contributed by atoms with Crippen LogP contribution in [-0.2, 0) is 28.9 Å². The largest absolute Gasteiger partial charge is 0.481 e. The number of thiazole rings is 1. The standard InChI is InChI=1S/C21H25NO3S2/c1-12-11-26-20(22-12)19-15-8-4-5-9-17(15)27-18(19)10-16(23)13-6-2-3-7-14(13)21(24)25/h11,13-14H,2-10H2,1H3,(H,24,25)/t13-,14-/m1/s1. The van der Waals surface area contributed by atoms with Crippen molar-refractivity contribution in [3.63, 3.8) is 0 Å². The number of carboxylic acid groups (broad SMARTS) is 1. The number of thiophene rings is 1. The number of rotatable bonds is 5. The summed E-state index contributed by atoms with van der Waals surface area (Å²) in [7, 11) is 0. The van der Waals surface area contributed by atoms with Crippen LogP contribution in [0.3, 0.4) is 0 Å². The predicted octanol–water partition coefficient (Wildman–Crippen LogP) is 5.06. The molecule has 1 fully saturated rings. The van der Waals surface area contributed by atoms with Gasteiger partial charge in [-0.1, -0.05) is 12.8 Å². The Labute approximate surface area is 167 Å². The highest BCUT2D eigenvalue weighted by Crippen LogP contribution is 2.43. The number of ketones is 1. The summed E-state index contributed by atoms with van der Waals surface area (Å²) < 4.78 is 0. The summed E-state index contributed by atoms with van der Waals surface area (Å²) in [6.45, 7) is 2.00. The molecule has 0 amide bonds. The number of carbonyl (C=O) groups is 2. The molecule has 4 nitrogen and oxygen atoms in total. The summed E-state index contributed by atoms with van der Waals surface area (Å²) in [5, 5.41) is 12.6. The van der Waals surface area contributed by atoms with Crippen LogP contribution in [0, 0.1) is 18.8 Å². The van der Waals surface area contributed by atoms with Crippen LogP contribution in [0.15, 0.2) is 5.38 Å². The fraction of sp³-hybridized carbons (Fsp3) is 0.571. The van der Waals surface area contributed by atoms with Gasteiger partial charge in [-0.2, -0.15) is 0 Å². The minimum absolute atomic E-state index is 0.107. The normalized spacial score (nSPS) is 22.4. The van der Waals surface area contributed by atoms with Crippen molar-refractivity contribution in [2.24, 2.45) is 11.8 Å². The first-order valence-corrected chi connectivity index (χ1v) is 11.6. The van der Waals surface area contributed by atoms with E-state index in [1.807, 2.05) is 6.92 Å². The van der Waals surface area contributed by atoms with Crippen molar-refractivity contribution in [3.8, 4) is 10.6 Å². The minimum atomic E-state index is -0.811. The highest BCUT2D eigenvalue weighted by atomic mass is 32.1. The lowest BCUT2D eigenvalue weighted by Crippen LogP contribution is -2.33. The molecular formula is C21H25NO3S2. The molecule has 144 valence electrons. The van der Waals surface area contributed by atoms with Crippen LogP contribution in [0.25, 0.3) is 10.6 Å². The van der Waals surface area contributed by atoms with E-state index in [0.29, 0.717) is 19.3 Å². The monoisotopic (exact) mass is 403 g/mol. The number of fused-ring (bicyclic) bond motifs is 1. The zero-order valence-corrected chi connectivity index (χ0v) is 17.3. The Morgan fingerprint density at radius 1 is 1.15 bits per heavy atom. The number of aliphatic carboxylic acids is 1. The SMILES string of the molecule is Cc1csc(-c2c(CC(=O)[C@@H]3CCCC[C@H]3C(=O)O)sc3c2CCCC3)n1. The Balaban J connectivity index is 1.66. The van der Waals surface area contributed by atoms with E-state index in [9.17, 15) is 14.7 Å². The van der Waals surface area contributed by atoms with Gasteiger partial charge < -0.3 is 5.11 Å². The number of carboxylic acids is 1. The zero-order chi connectivity index (χ0) is 19.0. The fourth-order valence-electron chi connectivity index (χ4n) is 4.57. The molecule has 0 radical (unpaired) electrons. The van der Waals surface area contributed by atoms with Crippen molar-refractivity contribution in [1.29, 1.82) is 0 Å². The molecule has 0 aromatic carbocycles. The van der Waals surface area contributed by atoms with E-state index in [4.69, 9.17) is 4.98 Å². The first-order valence-electron chi connectivity index (χ1n) is 9.86. The summed E-state index contributed by atoms with van der Waals surface area (Å²) in [6.07, 6.45) is 8.14. The maximum absolute atomic E-state index is 13.1. The molecule has 2 atom stereocenters. The highest BCUT2D eigenvalue weighted by Gasteiger charge is 2.36. The summed E-state index contributed by atoms with van der Waals surface area (Å²) >= 11 is 3.42. The molecule has 6 heteroatoms. The highest BCUT2D eigenvalue weighted by molar-refractivity contribution is 7.15. The topological polar surface area (TPSA) is 67.3 Å². The van der Waals surface area contributed by atoms with Crippen molar-refractivity contribution in [2.45, 2.75) is 64.7 Å². The van der Waals surface area contributed by atoms with E-state index in [1.165, 1.54) is 28.8 Å². The van der Waals surface area contributed by atoms with Crippen LogP contribution >= 0.6 is 22.7 Å². The molecule has 0 spiro atoms. The van der Waals surface area contributed by atoms with Crippen LogP contribution < -0.4 is 0 Å². The summed E-state index contributed by atoms with van der Waals surface area (Å²) in [6, 6.07) is 0. The summed E-state index contributed by atoms with van der Waals surface area (Å²) in [5.74, 6) is -1.54. The van der Waals surface area contributed by atoms with Gasteiger partial charge in [-0.3, -0.25) is 9.59 Å². The molecule has 2 aliphatic carbocycles. The van der Waals surface area contributed by atoms with Crippen LogP contribution in [-0.4, -0.2) is 21.8 Å². The molecule has 2 heterocycles. The van der Waals surface area contributed by atoms with E-state index in [0.717, 1.165) is 41.3 Å². The number of nitrogens with zero attached hydrogens (tertiary/aromatic N) is 1. The maximum atomic E-state index is 13.1. The summed E-state index contributed by atoms with van der Waals surface area (Å²) in [4.78, 5) is 31.9. The zero-order valence-electron chi connectivity index (χ0n) is 15.6. The molecular weight excluding hydrogens is 378 g/mol. The van der Waals surface area contributed by atoms with Gasteiger partial charge in [-0.15, -0.1) is 22.7 Å². The number of hydrogen-bond donors (Lipinski definition) is 1. The molecule has 0 unspecified atom stereocenters. The average molecular weight is 404 g/mol. The maximum Gasteiger partial charge on any atom is 0.307 e. The Kier molecular flexibility index (Phi) is 5.46. The van der Waals surface area contributed by atoms with Crippen LogP contribution in [0.5, 0.6) is 0 Å². The quantitative estimate of drug-likeness (QED) is 0.757. The number of Topliss-reactive ketones (excluding diaryl/α,β-unsaturated/α-hetero) is 1. The third-order valence-corrected chi connectivity index (χ3v) is 8.18. The molecule has 0 bridgehead atoms. The lowest BCUT2D eigenvalue weighted by Gasteiger charge is -2.27. The molecule has 4 rings (SSSR count). The van der Waals surface area contributed by atoms with E-state index in [1.54, 1.807) is 22.7 Å². The van der Waals surface area contributed by atoms with Gasteiger partial charge in [-0.05, 0) is 51.0 Å². The van der Waals surface area contributed by atoms with Gasteiger partial charge in [-0.25, -0.2) is 4.98 Å². The van der Waals surface area contributed by atoms with E-state index in [-0.39, 0.29) is 11.7 Å². The van der Waals surface area contributed by atoms with Crippen molar-refractivity contribution in [3.05, 3.63) is 26.4 Å². The number of hydrogen-bond acceptors (Lipinski definition) is 5. The predicted molar refractivity (Wildman–Crippen MR) is 109 cm³/mol. The van der Waals surface area contributed by atoms with Gasteiger partial charge in [0, 0.05) is 38.7 Å². The Morgan fingerprint density at radius 2 is 1.89 bits per heavy atom. The lowest BCUT2D eigenvalue weighted by atomic mass is 9.76. The van der Waals surface area contributed by atoms with Crippen LogP contribution in [0.1, 0.15) is 59.5 Å². The third-order valence-electron chi connectivity index (χ3n) is 5.91. The van der Waals surface area contributed by atoms with Crippen molar-refractivity contribution in [2.75, 3.05) is 0 Å². The first-order chi connectivity index (χ1) is 13.0. The second kappa shape index (κ2) is 7.84. The molecule has 0 saturated heterocycles. The molecule has 1 saturated carbocycles. The Hall–Kier alpha value is -1.53. The van der Waals surface area contributed by atoms with E-state index in [2.05, 4.69) is 5.38 Å². The number of aryl methyl sites for hydroxylation is 2. The van der Waals surface area contributed by atoms with Gasteiger partial charge >= 0.3 is 5.97 Å². The van der Waals surface area contributed by atoms with Gasteiger partial charge in [0.05, 0.1) is 5.92 Å². The Morgan fingerprint density at radius 3 is 2.59 bits per heavy atom. The molecule has 27 heavy (non-hydrogen) atoms. The van der Waals surface area contributed by atoms with E-state index < -0.39 is 11.9 Å². The van der Waals surface area contributed by atoms with Crippen LogP contribution in [0.2, 0.25) is 0 Å². The van der Waals surface area contributed by atoms with Crippen molar-refractivity contribution < 1.29 is 14.7 Å². The van der Waals surface area contributed by atoms with Gasteiger partial charge in [0.25, 0.3) is 0 Å². The second-order valence-corrected chi connectivity index (χ2v) is 9.83. The molecule has 1 N–H and O–H groups in total. The second-order valence-electron chi connectivity index (χ2n) is 7.78. The molecule has 2 aliphatic rings. The van der Waals surface area contributed by atoms with E-state index >= 15 is 0 Å². The van der Waals surface area contributed by atoms with Gasteiger partial charge in [0.15, 0.2) is 0 Å². The molecule has 2 aromatic rings. The third kappa shape index (κ3) is 3.74.